The lowest BCUT2D eigenvalue weighted by molar-refractivity contribution is -0.139. The Hall–Kier alpha value is -7.21. The molecule has 3 aromatic heterocycles. The van der Waals surface area contributed by atoms with Crippen molar-refractivity contribution < 1.29 is 43.9 Å². The number of carbonyl (C=O) groups excluding carboxylic acids is 2. The number of nitrogens with two attached hydrogens (primary N) is 2. The lowest BCUT2D eigenvalue weighted by Gasteiger charge is -2.38. The molecule has 0 spiro atoms. The van der Waals surface area contributed by atoms with Gasteiger partial charge in [-0.25, -0.2) is 9.36 Å². The molecule has 5 aromatic rings. The highest BCUT2D eigenvalue weighted by molar-refractivity contribution is 5.85. The SMILES string of the molecule is C#CCOCCOCCOCCNc1nc(N2CCN(C(=O)C([C@@H](C)CC)n3cc(C(N)Cc4ccc(O)cc4)nn3)CC2)nc(N2CCN(C(=O)[C@H](CCC(=O)O)n3cc(C(N)Cc4ccc(O)cc4)nn3)CC2)n1.Cl. The highest BCUT2D eigenvalue weighted by atomic mass is 35.5. The number of phenolic OH excluding ortho intramolecular Hbond substituents is 2. The molecule has 8 N–H and O–H groups in total. The molecule has 7 rings (SSSR count). The van der Waals surface area contributed by atoms with Crippen LogP contribution in [0.25, 0.3) is 0 Å². The molecule has 5 heterocycles. The van der Waals surface area contributed by atoms with Gasteiger partial charge >= 0.3 is 5.97 Å². The van der Waals surface area contributed by atoms with Crippen LogP contribution in [0.3, 0.4) is 0 Å². The fraction of sp³-hybridized carbons (Fsp3) is 0.529. The number of aliphatic carboxylic acids is 1. The van der Waals surface area contributed by atoms with E-state index in [-0.39, 0.29) is 74.2 Å². The average Bonchev–Trinajstić information content (AvgIpc) is 4.14. The third kappa shape index (κ3) is 16.9. The Morgan fingerprint density at radius 2 is 1.18 bits per heavy atom. The Balaban J connectivity index is 0.00000961. The Kier molecular flexibility index (Phi) is 22.5. The molecule has 416 valence electrons. The number of amides is 2. The molecule has 0 bridgehead atoms. The van der Waals surface area contributed by atoms with Gasteiger partial charge in [-0.3, -0.25) is 14.4 Å². The first-order chi connectivity index (χ1) is 36.8. The number of nitrogens with zero attached hydrogens (tertiary/aromatic N) is 13. The summed E-state index contributed by atoms with van der Waals surface area (Å²) in [6.07, 6.45) is 9.90. The molecule has 5 atom stereocenters. The Bertz CT molecular complexity index is 2670. The molecule has 2 amide bonds. The second-order valence-electron chi connectivity index (χ2n) is 18.8. The zero-order valence-electron chi connectivity index (χ0n) is 43.5. The number of phenols is 2. The fourth-order valence-corrected chi connectivity index (χ4v) is 8.83. The first-order valence-electron chi connectivity index (χ1n) is 25.7. The lowest BCUT2D eigenvalue weighted by atomic mass is 9.97. The van der Waals surface area contributed by atoms with Gasteiger partial charge < -0.3 is 65.9 Å². The van der Waals surface area contributed by atoms with E-state index in [0.717, 1.165) is 17.5 Å². The normalized spacial score (nSPS) is 15.7. The van der Waals surface area contributed by atoms with Gasteiger partial charge in [-0.15, -0.1) is 29.0 Å². The molecule has 2 aromatic carbocycles. The number of aromatic nitrogens is 9. The molecule has 2 fully saturated rings. The molecule has 0 aliphatic carbocycles. The average molecular weight is 1090 g/mol. The first kappa shape index (κ1) is 59.0. The second kappa shape index (κ2) is 29.3. The highest BCUT2D eigenvalue weighted by Gasteiger charge is 2.35. The van der Waals surface area contributed by atoms with Crippen molar-refractivity contribution in [2.75, 3.05) is 114 Å². The number of aromatic hydroxyl groups is 2. The number of halogens is 1. The summed E-state index contributed by atoms with van der Waals surface area (Å²) < 4.78 is 19.6. The van der Waals surface area contributed by atoms with Gasteiger partial charge in [0.2, 0.25) is 29.7 Å². The molecule has 2 aliphatic rings. The summed E-state index contributed by atoms with van der Waals surface area (Å²) in [7, 11) is 0. The number of anilines is 3. The molecule has 2 aliphatic heterocycles. The van der Waals surface area contributed by atoms with Crippen LogP contribution in [0, 0.1) is 18.3 Å². The van der Waals surface area contributed by atoms with Crippen molar-refractivity contribution in [3.05, 3.63) is 83.4 Å². The van der Waals surface area contributed by atoms with E-state index in [4.69, 9.17) is 47.1 Å². The summed E-state index contributed by atoms with van der Waals surface area (Å²) in [4.78, 5) is 62.5. The quantitative estimate of drug-likeness (QED) is 0.0309. The Morgan fingerprint density at radius 1 is 0.701 bits per heavy atom. The van der Waals surface area contributed by atoms with E-state index >= 15 is 0 Å². The summed E-state index contributed by atoms with van der Waals surface area (Å²) in [5, 5.41) is 49.5. The van der Waals surface area contributed by atoms with Crippen molar-refractivity contribution in [3.8, 4) is 23.8 Å². The van der Waals surface area contributed by atoms with Crippen molar-refractivity contribution in [3.63, 3.8) is 0 Å². The van der Waals surface area contributed by atoms with Crippen molar-refractivity contribution in [1.82, 2.24) is 54.7 Å². The van der Waals surface area contributed by atoms with Gasteiger partial charge in [0.15, 0.2) is 0 Å². The molecule has 26 heteroatoms. The van der Waals surface area contributed by atoms with Crippen LogP contribution >= 0.6 is 12.4 Å². The Morgan fingerprint density at radius 3 is 1.69 bits per heavy atom. The predicted octanol–water partition coefficient (Wildman–Crippen LogP) is 2.16. The minimum absolute atomic E-state index is 0. The number of hydrogen-bond donors (Lipinski definition) is 6. The second-order valence-corrected chi connectivity index (χ2v) is 18.8. The van der Waals surface area contributed by atoms with Crippen LogP contribution in [0.1, 0.15) is 79.8 Å². The number of carboxylic acid groups (broad SMARTS) is 1. The maximum atomic E-state index is 14.4. The van der Waals surface area contributed by atoms with Crippen LogP contribution in [0.4, 0.5) is 17.8 Å². The number of carboxylic acids is 1. The number of ether oxygens (including phenoxy) is 3. The number of benzene rings is 2. The molecule has 77 heavy (non-hydrogen) atoms. The van der Waals surface area contributed by atoms with Crippen LogP contribution in [-0.2, 0) is 41.4 Å². The standard InChI is InChI=1S/C51H70N16O9.ClH/c1-4-25-74-27-29-76-30-28-75-26-16-54-49-55-50(64-21-17-62(18-22-64)47(72)44(14-15-45(70)71)66-33-42(58-60-66)40(52)31-36-6-10-38(68)11-7-36)57-51(56-49)65-23-19-63(20-24-65)48(73)46(35(3)5-2)67-34-43(59-61-67)41(53)32-37-8-12-39(69)13-9-37;/h1,6-13,33-35,40-41,44,46,68-69H,5,14-32,52-53H2,2-3H3,(H,70,71)(H,54,55,56,57);1H/t35-,40?,41?,44-,46?;/m0./s1. The highest BCUT2D eigenvalue weighted by Crippen LogP contribution is 2.28. The third-order valence-corrected chi connectivity index (χ3v) is 13.4. The molecular formula is C51H71ClN16O9. The lowest BCUT2D eigenvalue weighted by Crippen LogP contribution is -2.52. The Labute approximate surface area is 453 Å². The number of rotatable bonds is 28. The maximum Gasteiger partial charge on any atom is 0.303 e. The van der Waals surface area contributed by atoms with Crippen LogP contribution < -0.4 is 26.6 Å². The fourth-order valence-electron chi connectivity index (χ4n) is 8.83. The van der Waals surface area contributed by atoms with E-state index < -0.39 is 30.1 Å². The van der Waals surface area contributed by atoms with Crippen LogP contribution in [-0.4, -0.2) is 186 Å². The van der Waals surface area contributed by atoms with E-state index in [9.17, 15) is 29.7 Å². The summed E-state index contributed by atoms with van der Waals surface area (Å²) in [6.45, 7) is 9.51. The molecule has 3 unspecified atom stereocenters. The zero-order chi connectivity index (χ0) is 54.0. The van der Waals surface area contributed by atoms with Gasteiger partial charge in [-0.1, -0.05) is 60.9 Å². The van der Waals surface area contributed by atoms with Gasteiger partial charge in [0.05, 0.1) is 68.9 Å². The summed E-state index contributed by atoms with van der Waals surface area (Å²) >= 11 is 0. The predicted molar refractivity (Wildman–Crippen MR) is 286 cm³/mol. The zero-order valence-corrected chi connectivity index (χ0v) is 44.4. The van der Waals surface area contributed by atoms with Crippen LogP contribution in [0.5, 0.6) is 11.5 Å². The van der Waals surface area contributed by atoms with Crippen molar-refractivity contribution in [2.24, 2.45) is 17.4 Å². The minimum Gasteiger partial charge on any atom is -0.508 e. The summed E-state index contributed by atoms with van der Waals surface area (Å²) in [5.41, 5.74) is 15.8. The van der Waals surface area contributed by atoms with Gasteiger partial charge in [0.1, 0.15) is 30.2 Å². The number of piperazine rings is 2. The first-order valence-corrected chi connectivity index (χ1v) is 25.7. The smallest absolute Gasteiger partial charge is 0.303 e. The minimum atomic E-state index is -1.05. The molecular weight excluding hydrogens is 1020 g/mol. The summed E-state index contributed by atoms with van der Waals surface area (Å²) in [6, 6.07) is 11.0. The number of carbonyl (C=O) groups is 3. The van der Waals surface area contributed by atoms with Gasteiger partial charge in [0.25, 0.3) is 0 Å². The van der Waals surface area contributed by atoms with Crippen molar-refractivity contribution in [1.29, 1.82) is 0 Å². The van der Waals surface area contributed by atoms with E-state index in [1.807, 2.05) is 40.7 Å². The largest absolute Gasteiger partial charge is 0.508 e. The van der Waals surface area contributed by atoms with E-state index in [2.05, 4.69) is 31.9 Å². The van der Waals surface area contributed by atoms with Gasteiger partial charge in [-0.05, 0) is 60.6 Å². The van der Waals surface area contributed by atoms with Crippen LogP contribution in [0.2, 0.25) is 0 Å². The molecule has 0 radical (unpaired) electrons. The number of terminal acetylenes is 1. The van der Waals surface area contributed by atoms with E-state index in [1.54, 1.807) is 58.4 Å². The molecule has 2 saturated heterocycles. The van der Waals surface area contributed by atoms with Crippen molar-refractivity contribution in [2.45, 2.75) is 70.1 Å². The van der Waals surface area contributed by atoms with Gasteiger partial charge in [0, 0.05) is 65.3 Å². The monoisotopic (exact) mass is 1090 g/mol. The van der Waals surface area contributed by atoms with E-state index in [0.29, 0.717) is 121 Å². The molecule has 25 nitrogen and oxygen atoms in total. The van der Waals surface area contributed by atoms with Gasteiger partial charge in [-0.2, -0.15) is 15.0 Å². The third-order valence-electron chi connectivity index (χ3n) is 13.4. The number of hydrogen-bond acceptors (Lipinski definition) is 20. The summed E-state index contributed by atoms with van der Waals surface area (Å²) in [5.74, 6) is 2.38. The molecule has 0 saturated carbocycles. The van der Waals surface area contributed by atoms with Crippen molar-refractivity contribution >= 4 is 48.0 Å². The van der Waals surface area contributed by atoms with Crippen LogP contribution in [0.15, 0.2) is 60.9 Å². The maximum absolute atomic E-state index is 14.4. The van der Waals surface area contributed by atoms with E-state index in [1.165, 1.54) is 4.68 Å². The number of nitrogens with one attached hydrogen (secondary N) is 1. The topological polar surface area (TPSA) is 317 Å².